The van der Waals surface area contributed by atoms with Gasteiger partial charge in [-0.15, -0.1) is 5.10 Å². The molecule has 0 aliphatic carbocycles. The second kappa shape index (κ2) is 3.01. The van der Waals surface area contributed by atoms with Crippen LogP contribution in [0.15, 0.2) is 12.3 Å². The van der Waals surface area contributed by atoms with Crippen LogP contribution in [0.2, 0.25) is 0 Å². The number of rotatable bonds is 2. The summed E-state index contributed by atoms with van der Waals surface area (Å²) in [5.74, 6) is 0. The van der Waals surface area contributed by atoms with Crippen molar-refractivity contribution in [3.05, 3.63) is 29.3 Å². The van der Waals surface area contributed by atoms with E-state index in [1.807, 2.05) is 26.1 Å². The van der Waals surface area contributed by atoms with Crippen LogP contribution in [0.3, 0.4) is 0 Å². The Hall–Kier alpha value is -1.65. The molecule has 0 saturated carbocycles. The van der Waals surface area contributed by atoms with E-state index >= 15 is 0 Å². The highest BCUT2D eigenvalue weighted by Crippen LogP contribution is 2.00. The molecule has 68 valence electrons. The van der Waals surface area contributed by atoms with E-state index in [1.54, 1.807) is 4.68 Å². The van der Waals surface area contributed by atoms with Gasteiger partial charge in [0.25, 0.3) is 0 Å². The molecule has 5 nitrogen and oxygen atoms in total. The zero-order valence-electron chi connectivity index (χ0n) is 7.65. The van der Waals surface area contributed by atoms with Gasteiger partial charge >= 0.3 is 0 Å². The van der Waals surface area contributed by atoms with Crippen molar-refractivity contribution in [2.45, 2.75) is 20.4 Å². The first kappa shape index (κ1) is 7.97. The molecule has 0 atom stereocenters. The molecule has 2 heterocycles. The monoisotopic (exact) mass is 177 g/mol. The quantitative estimate of drug-likeness (QED) is 0.733. The van der Waals surface area contributed by atoms with Gasteiger partial charge in [0.1, 0.15) is 0 Å². The van der Waals surface area contributed by atoms with Crippen LogP contribution in [-0.4, -0.2) is 25.2 Å². The number of aryl methyl sites for hydroxylation is 2. The lowest BCUT2D eigenvalue weighted by atomic mass is 10.4. The van der Waals surface area contributed by atoms with E-state index < -0.39 is 0 Å². The molecule has 0 saturated heterocycles. The van der Waals surface area contributed by atoms with Crippen molar-refractivity contribution >= 4 is 0 Å². The Morgan fingerprint density at radius 2 is 2.31 bits per heavy atom. The van der Waals surface area contributed by atoms with Crippen molar-refractivity contribution in [1.29, 1.82) is 0 Å². The number of nitrogens with zero attached hydrogens (tertiary/aromatic N) is 4. The van der Waals surface area contributed by atoms with Crippen molar-refractivity contribution in [2.75, 3.05) is 0 Å². The number of nitrogens with one attached hydrogen (secondary N) is 1. The van der Waals surface area contributed by atoms with Gasteiger partial charge in [0.2, 0.25) is 0 Å². The van der Waals surface area contributed by atoms with E-state index in [0.29, 0.717) is 6.54 Å². The fourth-order valence-electron chi connectivity index (χ4n) is 1.19. The molecule has 2 aromatic rings. The normalized spacial score (nSPS) is 10.6. The van der Waals surface area contributed by atoms with Gasteiger partial charge in [0.15, 0.2) is 0 Å². The highest BCUT2D eigenvalue weighted by molar-refractivity contribution is 5.06. The van der Waals surface area contributed by atoms with Crippen molar-refractivity contribution in [3.63, 3.8) is 0 Å². The molecule has 0 aliphatic rings. The Morgan fingerprint density at radius 3 is 2.85 bits per heavy atom. The molecule has 13 heavy (non-hydrogen) atoms. The van der Waals surface area contributed by atoms with Gasteiger partial charge in [-0.25, -0.2) is 4.68 Å². The molecule has 0 spiro atoms. The van der Waals surface area contributed by atoms with Gasteiger partial charge in [-0.3, -0.25) is 5.10 Å². The molecule has 0 aliphatic heterocycles. The Balaban J connectivity index is 2.14. The van der Waals surface area contributed by atoms with Gasteiger partial charge in [-0.1, -0.05) is 5.21 Å². The molecule has 0 fully saturated rings. The maximum absolute atomic E-state index is 4.11. The molecule has 0 aromatic carbocycles. The molecule has 2 rings (SSSR count). The molecule has 0 unspecified atom stereocenters. The average Bonchev–Trinajstić information content (AvgIpc) is 2.62. The molecular weight excluding hydrogens is 166 g/mol. The zero-order valence-corrected chi connectivity index (χ0v) is 7.65. The topological polar surface area (TPSA) is 59.4 Å². The summed E-state index contributed by atoms with van der Waals surface area (Å²) in [5.41, 5.74) is 2.96. The number of aromatic nitrogens is 5. The predicted molar refractivity (Wildman–Crippen MR) is 47.2 cm³/mol. The lowest BCUT2D eigenvalue weighted by Crippen LogP contribution is -2.00. The summed E-state index contributed by atoms with van der Waals surface area (Å²) in [6.45, 7) is 4.56. The van der Waals surface area contributed by atoms with Crippen molar-refractivity contribution < 1.29 is 0 Å². The fraction of sp³-hybridized carbons (Fsp3) is 0.375. The first-order valence-electron chi connectivity index (χ1n) is 4.11. The molecule has 0 amide bonds. The van der Waals surface area contributed by atoms with Gasteiger partial charge in [0.05, 0.1) is 17.9 Å². The summed E-state index contributed by atoms with van der Waals surface area (Å²) in [4.78, 5) is 0. The highest BCUT2D eigenvalue weighted by Gasteiger charge is 2.00. The molecular formula is C8H11N5. The summed E-state index contributed by atoms with van der Waals surface area (Å²) >= 11 is 0. The van der Waals surface area contributed by atoms with E-state index in [2.05, 4.69) is 20.5 Å². The summed E-state index contributed by atoms with van der Waals surface area (Å²) in [6, 6.07) is 2.00. The number of aromatic amines is 1. The largest absolute Gasteiger partial charge is 0.283 e. The van der Waals surface area contributed by atoms with Crippen LogP contribution in [0.1, 0.15) is 17.1 Å². The maximum atomic E-state index is 4.11. The SMILES string of the molecule is Cc1cn(Cc2cc(C)[nH]n2)nn1. The number of hydrogen-bond acceptors (Lipinski definition) is 3. The molecule has 1 N–H and O–H groups in total. The minimum absolute atomic E-state index is 0.672. The smallest absolute Gasteiger partial charge is 0.0867 e. The molecule has 2 aromatic heterocycles. The Kier molecular flexibility index (Phi) is 1.84. The van der Waals surface area contributed by atoms with Crippen LogP contribution in [-0.2, 0) is 6.54 Å². The number of hydrogen-bond donors (Lipinski definition) is 1. The van der Waals surface area contributed by atoms with E-state index in [0.717, 1.165) is 17.1 Å². The Bertz CT molecular complexity index is 362. The van der Waals surface area contributed by atoms with Crippen molar-refractivity contribution in [1.82, 2.24) is 25.2 Å². The van der Waals surface area contributed by atoms with E-state index in [1.165, 1.54) is 0 Å². The third kappa shape index (κ3) is 1.74. The minimum Gasteiger partial charge on any atom is -0.283 e. The molecule has 0 radical (unpaired) electrons. The maximum Gasteiger partial charge on any atom is 0.0867 e. The lowest BCUT2D eigenvalue weighted by Gasteiger charge is -1.93. The minimum atomic E-state index is 0.672. The summed E-state index contributed by atoms with van der Waals surface area (Å²) in [7, 11) is 0. The van der Waals surface area contributed by atoms with Gasteiger partial charge in [-0.05, 0) is 19.9 Å². The Morgan fingerprint density at radius 1 is 1.46 bits per heavy atom. The second-order valence-electron chi connectivity index (χ2n) is 3.10. The van der Waals surface area contributed by atoms with Crippen LogP contribution in [0, 0.1) is 13.8 Å². The third-order valence-electron chi connectivity index (χ3n) is 1.74. The van der Waals surface area contributed by atoms with E-state index in [4.69, 9.17) is 0 Å². The first-order chi connectivity index (χ1) is 6.24. The van der Waals surface area contributed by atoms with Crippen molar-refractivity contribution in [3.8, 4) is 0 Å². The van der Waals surface area contributed by atoms with E-state index in [9.17, 15) is 0 Å². The van der Waals surface area contributed by atoms with Crippen LogP contribution in [0.4, 0.5) is 0 Å². The number of H-pyrrole nitrogens is 1. The zero-order chi connectivity index (χ0) is 9.26. The fourth-order valence-corrected chi connectivity index (χ4v) is 1.19. The van der Waals surface area contributed by atoms with Gasteiger partial charge in [0, 0.05) is 11.9 Å². The summed E-state index contributed by atoms with van der Waals surface area (Å²) < 4.78 is 1.77. The second-order valence-corrected chi connectivity index (χ2v) is 3.10. The highest BCUT2D eigenvalue weighted by atomic mass is 15.4. The molecule has 0 bridgehead atoms. The summed E-state index contributed by atoms with van der Waals surface area (Å²) in [6.07, 6.45) is 1.89. The lowest BCUT2D eigenvalue weighted by molar-refractivity contribution is 0.637. The average molecular weight is 177 g/mol. The molecule has 5 heteroatoms. The van der Waals surface area contributed by atoms with E-state index in [-0.39, 0.29) is 0 Å². The van der Waals surface area contributed by atoms with Crippen molar-refractivity contribution in [2.24, 2.45) is 0 Å². The van der Waals surface area contributed by atoms with Gasteiger partial charge < -0.3 is 0 Å². The predicted octanol–water partition coefficient (Wildman–Crippen LogP) is 0.666. The van der Waals surface area contributed by atoms with Crippen LogP contribution < -0.4 is 0 Å². The standard InChI is InChI=1S/C8H11N5/c1-6-3-8(11-9-6)5-13-4-7(2)10-12-13/h3-4H,5H2,1-2H3,(H,9,11). The van der Waals surface area contributed by atoms with Crippen LogP contribution >= 0.6 is 0 Å². The Labute approximate surface area is 75.8 Å². The van der Waals surface area contributed by atoms with Crippen LogP contribution in [0.25, 0.3) is 0 Å². The first-order valence-corrected chi connectivity index (χ1v) is 4.11. The third-order valence-corrected chi connectivity index (χ3v) is 1.74. The summed E-state index contributed by atoms with van der Waals surface area (Å²) in [5, 5.41) is 14.8. The van der Waals surface area contributed by atoms with Gasteiger partial charge in [-0.2, -0.15) is 5.10 Å². The van der Waals surface area contributed by atoms with Crippen LogP contribution in [0.5, 0.6) is 0 Å².